The molecule has 24 heavy (non-hydrogen) atoms. The minimum Gasteiger partial charge on any atom is -0.497 e. The second kappa shape index (κ2) is 7.50. The predicted octanol–water partition coefficient (Wildman–Crippen LogP) is 1.57. The van der Waals surface area contributed by atoms with Crippen LogP contribution in [0.5, 0.6) is 5.75 Å². The normalized spacial score (nSPS) is 14.8. The van der Waals surface area contributed by atoms with Gasteiger partial charge in [0.05, 0.1) is 18.6 Å². The molecule has 1 saturated carbocycles. The maximum atomic E-state index is 13.1. The van der Waals surface area contributed by atoms with Crippen molar-refractivity contribution < 1.29 is 27.8 Å². The van der Waals surface area contributed by atoms with E-state index in [4.69, 9.17) is 14.6 Å². The zero-order valence-electron chi connectivity index (χ0n) is 14.1. The molecule has 1 fully saturated rings. The van der Waals surface area contributed by atoms with Crippen molar-refractivity contribution in [3.63, 3.8) is 0 Å². The minimum absolute atomic E-state index is 0.0377. The van der Waals surface area contributed by atoms with Gasteiger partial charge in [0.2, 0.25) is 10.0 Å². The van der Waals surface area contributed by atoms with Crippen LogP contribution in [0, 0.1) is 13.8 Å². The van der Waals surface area contributed by atoms with Gasteiger partial charge in [-0.1, -0.05) is 0 Å². The van der Waals surface area contributed by atoms with Crippen molar-refractivity contribution >= 4 is 16.0 Å². The maximum Gasteiger partial charge on any atom is 0.329 e. The van der Waals surface area contributed by atoms with E-state index in [1.807, 2.05) is 0 Å². The van der Waals surface area contributed by atoms with Gasteiger partial charge in [0.1, 0.15) is 12.4 Å². The lowest BCUT2D eigenvalue weighted by atomic mass is 10.1. The maximum absolute atomic E-state index is 13.1. The average Bonchev–Trinajstić information content (AvgIpc) is 3.29. The van der Waals surface area contributed by atoms with Gasteiger partial charge in [0, 0.05) is 12.6 Å². The largest absolute Gasteiger partial charge is 0.497 e. The van der Waals surface area contributed by atoms with Crippen molar-refractivity contribution in [1.29, 1.82) is 0 Å². The highest BCUT2D eigenvalue weighted by molar-refractivity contribution is 7.89. The van der Waals surface area contributed by atoms with E-state index in [1.165, 1.54) is 4.31 Å². The third kappa shape index (κ3) is 4.25. The number of hydrogen-bond donors (Lipinski definition) is 1. The lowest BCUT2D eigenvalue weighted by Gasteiger charge is -2.24. The van der Waals surface area contributed by atoms with E-state index >= 15 is 0 Å². The van der Waals surface area contributed by atoms with Crippen molar-refractivity contribution in [2.24, 2.45) is 0 Å². The number of sulfonamides is 1. The Labute approximate surface area is 142 Å². The molecule has 0 aliphatic heterocycles. The molecule has 0 heterocycles. The van der Waals surface area contributed by atoms with Gasteiger partial charge in [0.15, 0.2) is 0 Å². The number of nitrogens with zero attached hydrogens (tertiary/aromatic N) is 1. The van der Waals surface area contributed by atoms with Gasteiger partial charge in [-0.3, -0.25) is 0 Å². The van der Waals surface area contributed by atoms with Gasteiger partial charge >= 0.3 is 5.97 Å². The van der Waals surface area contributed by atoms with Crippen LogP contribution in [0.15, 0.2) is 17.0 Å². The molecule has 8 heteroatoms. The van der Waals surface area contributed by atoms with E-state index in [0.29, 0.717) is 16.9 Å². The summed E-state index contributed by atoms with van der Waals surface area (Å²) in [4.78, 5) is 10.8. The highest BCUT2D eigenvalue weighted by atomic mass is 32.2. The van der Waals surface area contributed by atoms with Crippen LogP contribution in [0.25, 0.3) is 0 Å². The van der Waals surface area contributed by atoms with Crippen LogP contribution < -0.4 is 4.74 Å². The highest BCUT2D eigenvalue weighted by Gasteiger charge is 2.39. The summed E-state index contributed by atoms with van der Waals surface area (Å²) in [6, 6.07) is 3.36. The summed E-state index contributed by atoms with van der Waals surface area (Å²) < 4.78 is 37.8. The second-order valence-corrected chi connectivity index (χ2v) is 7.71. The molecule has 1 N–H and O–H groups in total. The first-order valence-corrected chi connectivity index (χ1v) is 9.18. The standard InChI is InChI=1S/C16H23NO6S/c1-11-8-14(22-3)9-12(2)16(11)24(20,21)17(13-4-5-13)6-7-23-10-15(18)19/h8-9,13H,4-7,10H2,1-3H3,(H,18,19). The van der Waals surface area contributed by atoms with Crippen molar-refractivity contribution in [3.05, 3.63) is 23.3 Å². The first-order valence-electron chi connectivity index (χ1n) is 7.74. The fraction of sp³-hybridized carbons (Fsp3) is 0.562. The molecular formula is C16H23NO6S. The molecule has 0 bridgehead atoms. The van der Waals surface area contributed by atoms with Gasteiger partial charge in [0.25, 0.3) is 0 Å². The summed E-state index contributed by atoms with van der Waals surface area (Å²) in [7, 11) is -2.13. The van der Waals surface area contributed by atoms with Crippen LogP contribution in [-0.4, -0.2) is 56.7 Å². The Bertz CT molecular complexity index is 688. The molecule has 1 aromatic rings. The molecule has 7 nitrogen and oxygen atoms in total. The van der Waals surface area contributed by atoms with Gasteiger partial charge in [-0.15, -0.1) is 0 Å². The number of rotatable bonds is 9. The Morgan fingerprint density at radius 1 is 1.29 bits per heavy atom. The summed E-state index contributed by atoms with van der Waals surface area (Å²) >= 11 is 0. The monoisotopic (exact) mass is 357 g/mol. The van der Waals surface area contributed by atoms with E-state index in [1.54, 1.807) is 33.1 Å². The van der Waals surface area contributed by atoms with Gasteiger partial charge in [-0.2, -0.15) is 4.31 Å². The Morgan fingerprint density at radius 3 is 2.33 bits per heavy atom. The number of hydrogen-bond acceptors (Lipinski definition) is 5. The fourth-order valence-electron chi connectivity index (χ4n) is 2.73. The van der Waals surface area contributed by atoms with E-state index in [9.17, 15) is 13.2 Å². The van der Waals surface area contributed by atoms with E-state index in [2.05, 4.69) is 0 Å². The van der Waals surface area contributed by atoms with E-state index < -0.39 is 22.6 Å². The molecule has 134 valence electrons. The molecule has 0 amide bonds. The first kappa shape index (κ1) is 18.7. The Morgan fingerprint density at radius 2 is 1.88 bits per heavy atom. The van der Waals surface area contributed by atoms with Crippen LogP contribution in [0.4, 0.5) is 0 Å². The Hall–Kier alpha value is -1.64. The summed E-state index contributed by atoms with van der Waals surface area (Å²) in [6.07, 6.45) is 1.62. The zero-order chi connectivity index (χ0) is 17.9. The number of aliphatic carboxylic acids is 1. The highest BCUT2D eigenvalue weighted by Crippen LogP contribution is 2.35. The smallest absolute Gasteiger partial charge is 0.329 e. The third-order valence-electron chi connectivity index (χ3n) is 3.87. The molecule has 0 radical (unpaired) electrons. The summed E-state index contributed by atoms with van der Waals surface area (Å²) in [5.74, 6) is -0.454. The van der Waals surface area contributed by atoms with Crippen LogP contribution in [0.1, 0.15) is 24.0 Å². The molecule has 0 unspecified atom stereocenters. The molecule has 2 rings (SSSR count). The minimum atomic E-state index is -3.67. The Kier molecular flexibility index (Phi) is 5.84. The van der Waals surface area contributed by atoms with Crippen molar-refractivity contribution in [2.45, 2.75) is 37.6 Å². The summed E-state index contributed by atoms with van der Waals surface area (Å²) in [5, 5.41) is 8.59. The molecule has 1 aromatic carbocycles. The number of benzene rings is 1. The first-order chi connectivity index (χ1) is 11.3. The zero-order valence-corrected chi connectivity index (χ0v) is 14.9. The number of methoxy groups -OCH3 is 1. The number of carboxylic acid groups (broad SMARTS) is 1. The van der Waals surface area contributed by atoms with Crippen LogP contribution in [-0.2, 0) is 19.6 Å². The number of ether oxygens (including phenoxy) is 2. The Balaban J connectivity index is 2.24. The topological polar surface area (TPSA) is 93.1 Å². The van der Waals surface area contributed by atoms with Crippen LogP contribution in [0.2, 0.25) is 0 Å². The molecular weight excluding hydrogens is 334 g/mol. The SMILES string of the molecule is COc1cc(C)c(S(=O)(=O)N(CCOCC(=O)O)C2CC2)c(C)c1. The number of carboxylic acids is 1. The van der Waals surface area contributed by atoms with E-state index in [0.717, 1.165) is 12.8 Å². The van der Waals surface area contributed by atoms with Gasteiger partial charge < -0.3 is 14.6 Å². The number of aryl methyl sites for hydroxylation is 2. The second-order valence-electron chi connectivity index (χ2n) is 5.88. The molecule has 0 aromatic heterocycles. The lowest BCUT2D eigenvalue weighted by molar-refractivity contribution is -0.142. The summed E-state index contributed by atoms with van der Waals surface area (Å²) in [5.41, 5.74) is 1.26. The van der Waals surface area contributed by atoms with Crippen molar-refractivity contribution in [3.8, 4) is 5.75 Å². The average molecular weight is 357 g/mol. The predicted molar refractivity (Wildman–Crippen MR) is 87.8 cm³/mol. The van der Waals surface area contributed by atoms with Crippen molar-refractivity contribution in [1.82, 2.24) is 4.31 Å². The van der Waals surface area contributed by atoms with Crippen LogP contribution in [0.3, 0.4) is 0 Å². The molecule has 0 atom stereocenters. The van der Waals surface area contributed by atoms with Crippen molar-refractivity contribution in [2.75, 3.05) is 26.9 Å². The fourth-order valence-corrected chi connectivity index (χ4v) is 4.81. The van der Waals surface area contributed by atoms with Gasteiger partial charge in [-0.25, -0.2) is 13.2 Å². The molecule has 0 spiro atoms. The van der Waals surface area contributed by atoms with Gasteiger partial charge in [-0.05, 0) is 49.9 Å². The summed E-state index contributed by atoms with van der Waals surface area (Å²) in [6.45, 7) is 3.25. The van der Waals surface area contributed by atoms with Crippen LogP contribution >= 0.6 is 0 Å². The molecule has 1 aliphatic rings. The molecule has 0 saturated heterocycles. The number of carbonyl (C=O) groups is 1. The lowest BCUT2D eigenvalue weighted by Crippen LogP contribution is -2.37. The third-order valence-corrected chi connectivity index (χ3v) is 6.13. The quantitative estimate of drug-likeness (QED) is 0.674. The van der Waals surface area contributed by atoms with E-state index in [-0.39, 0.29) is 24.1 Å². The molecule has 1 aliphatic carbocycles.